The van der Waals surface area contributed by atoms with Crippen LogP contribution in [0.3, 0.4) is 0 Å². The summed E-state index contributed by atoms with van der Waals surface area (Å²) in [6, 6.07) is 5.77. The molecule has 0 spiro atoms. The van der Waals surface area contributed by atoms with E-state index in [1.165, 1.54) is 37.1 Å². The van der Waals surface area contributed by atoms with E-state index in [1.54, 1.807) is 4.90 Å². The van der Waals surface area contributed by atoms with Gasteiger partial charge >= 0.3 is 0 Å². The zero-order valence-corrected chi connectivity index (χ0v) is 17.9. The standard InChI is InChI=1S/C22H32N4O4/c1-3-16(2)23-21(27)20(17-6-4-5-7-17)24-12-14-25(15-13-24)22(28)18-8-10-19(11-9-18)26(29)30/h8-11,16-17,20H,3-7,12-15H2,1-2H3,(H,23,27)/t16-,20-/m1/s1. The minimum Gasteiger partial charge on any atom is -0.352 e. The summed E-state index contributed by atoms with van der Waals surface area (Å²) in [4.78, 5) is 40.2. The number of nitrogens with zero attached hydrogens (tertiary/aromatic N) is 3. The molecule has 1 aliphatic heterocycles. The lowest BCUT2D eigenvalue weighted by molar-refractivity contribution is -0.384. The molecule has 2 aliphatic rings. The molecular formula is C22H32N4O4. The maximum absolute atomic E-state index is 13.0. The maximum Gasteiger partial charge on any atom is 0.269 e. The van der Waals surface area contributed by atoms with E-state index in [2.05, 4.69) is 17.1 Å². The van der Waals surface area contributed by atoms with E-state index in [0.717, 1.165) is 19.3 Å². The summed E-state index contributed by atoms with van der Waals surface area (Å²) in [6.07, 6.45) is 5.43. The summed E-state index contributed by atoms with van der Waals surface area (Å²) in [5.74, 6) is 0.378. The Hall–Kier alpha value is -2.48. The first kappa shape index (κ1) is 22.2. The van der Waals surface area contributed by atoms with Crippen molar-refractivity contribution in [3.8, 4) is 0 Å². The number of carbonyl (C=O) groups excluding carboxylic acids is 2. The topological polar surface area (TPSA) is 95.8 Å². The molecule has 0 aromatic heterocycles. The quantitative estimate of drug-likeness (QED) is 0.545. The second kappa shape index (κ2) is 10.0. The van der Waals surface area contributed by atoms with E-state index < -0.39 is 4.92 Å². The van der Waals surface area contributed by atoms with E-state index in [0.29, 0.717) is 37.7 Å². The summed E-state index contributed by atoms with van der Waals surface area (Å²) in [5, 5.41) is 14.0. The maximum atomic E-state index is 13.0. The summed E-state index contributed by atoms with van der Waals surface area (Å²) in [6.45, 7) is 6.52. The van der Waals surface area contributed by atoms with Crippen LogP contribution < -0.4 is 5.32 Å². The van der Waals surface area contributed by atoms with Crippen molar-refractivity contribution in [1.29, 1.82) is 0 Å². The van der Waals surface area contributed by atoms with Crippen molar-refractivity contribution in [1.82, 2.24) is 15.1 Å². The SMILES string of the molecule is CC[C@@H](C)NC(=O)[C@@H](C1CCCC1)N1CCN(C(=O)c2ccc([N+](=O)[O-])cc2)CC1. The fraction of sp³-hybridized carbons (Fsp3) is 0.636. The lowest BCUT2D eigenvalue weighted by Gasteiger charge is -2.41. The van der Waals surface area contributed by atoms with E-state index in [4.69, 9.17) is 0 Å². The van der Waals surface area contributed by atoms with Crippen LogP contribution >= 0.6 is 0 Å². The van der Waals surface area contributed by atoms with Crippen molar-refractivity contribution in [2.24, 2.45) is 5.92 Å². The predicted molar refractivity (Wildman–Crippen MR) is 114 cm³/mol. The Bertz CT molecular complexity index is 753. The molecule has 1 aromatic rings. The monoisotopic (exact) mass is 416 g/mol. The van der Waals surface area contributed by atoms with Crippen LogP contribution in [0.25, 0.3) is 0 Å². The molecule has 30 heavy (non-hydrogen) atoms. The predicted octanol–water partition coefficient (Wildman–Crippen LogP) is 2.83. The lowest BCUT2D eigenvalue weighted by atomic mass is 9.94. The number of carbonyl (C=O) groups is 2. The molecule has 3 rings (SSSR count). The van der Waals surface area contributed by atoms with Gasteiger partial charge in [-0.15, -0.1) is 0 Å². The van der Waals surface area contributed by atoms with Gasteiger partial charge in [0.15, 0.2) is 0 Å². The van der Waals surface area contributed by atoms with Gasteiger partial charge in [0.1, 0.15) is 0 Å². The van der Waals surface area contributed by atoms with Crippen LogP contribution in [0.4, 0.5) is 5.69 Å². The molecule has 1 saturated heterocycles. The number of rotatable bonds is 7. The van der Waals surface area contributed by atoms with Crippen molar-refractivity contribution in [2.75, 3.05) is 26.2 Å². The second-order valence-corrected chi connectivity index (χ2v) is 8.44. The van der Waals surface area contributed by atoms with Crippen LogP contribution in [0.15, 0.2) is 24.3 Å². The molecule has 2 atom stereocenters. The van der Waals surface area contributed by atoms with Gasteiger partial charge in [-0.3, -0.25) is 24.6 Å². The van der Waals surface area contributed by atoms with Crippen LogP contribution in [0.5, 0.6) is 0 Å². The van der Waals surface area contributed by atoms with Crippen LogP contribution in [0.1, 0.15) is 56.3 Å². The molecule has 1 heterocycles. The first-order valence-electron chi connectivity index (χ1n) is 11.0. The van der Waals surface area contributed by atoms with Crippen LogP contribution in [0.2, 0.25) is 0 Å². The van der Waals surface area contributed by atoms with Crippen molar-refractivity contribution in [3.05, 3.63) is 39.9 Å². The van der Waals surface area contributed by atoms with Crippen molar-refractivity contribution < 1.29 is 14.5 Å². The number of nitro benzene ring substituents is 1. The minimum absolute atomic E-state index is 0.0249. The fourth-order valence-electron chi connectivity index (χ4n) is 4.49. The molecule has 1 aromatic carbocycles. The van der Waals surface area contributed by atoms with E-state index in [9.17, 15) is 19.7 Å². The van der Waals surface area contributed by atoms with E-state index >= 15 is 0 Å². The average molecular weight is 417 g/mol. The zero-order chi connectivity index (χ0) is 21.7. The summed E-state index contributed by atoms with van der Waals surface area (Å²) < 4.78 is 0. The highest BCUT2D eigenvalue weighted by Crippen LogP contribution is 2.31. The number of hydrogen-bond acceptors (Lipinski definition) is 5. The van der Waals surface area contributed by atoms with E-state index in [1.807, 2.05) is 6.92 Å². The van der Waals surface area contributed by atoms with Gasteiger partial charge in [-0.2, -0.15) is 0 Å². The summed E-state index contributed by atoms with van der Waals surface area (Å²) >= 11 is 0. The number of non-ortho nitro benzene ring substituents is 1. The Balaban J connectivity index is 1.63. The molecule has 8 nitrogen and oxygen atoms in total. The Morgan fingerprint density at radius 1 is 1.13 bits per heavy atom. The van der Waals surface area contributed by atoms with Crippen molar-refractivity contribution >= 4 is 17.5 Å². The van der Waals surface area contributed by atoms with Gasteiger partial charge in [-0.25, -0.2) is 0 Å². The molecule has 0 radical (unpaired) electrons. The highest BCUT2D eigenvalue weighted by Gasteiger charge is 2.37. The Kier molecular flexibility index (Phi) is 7.42. The normalized spacial score (nSPS) is 20.0. The number of piperazine rings is 1. The smallest absolute Gasteiger partial charge is 0.269 e. The lowest BCUT2D eigenvalue weighted by Crippen LogP contribution is -2.58. The molecule has 1 saturated carbocycles. The summed E-state index contributed by atoms with van der Waals surface area (Å²) in [7, 11) is 0. The molecule has 1 aliphatic carbocycles. The average Bonchev–Trinajstić information content (AvgIpc) is 3.28. The Morgan fingerprint density at radius 2 is 1.73 bits per heavy atom. The number of benzene rings is 1. The highest BCUT2D eigenvalue weighted by atomic mass is 16.6. The molecule has 164 valence electrons. The minimum atomic E-state index is -0.472. The number of amides is 2. The van der Waals surface area contributed by atoms with Crippen LogP contribution in [0, 0.1) is 16.0 Å². The summed E-state index contributed by atoms with van der Waals surface area (Å²) in [5.41, 5.74) is 0.430. The van der Waals surface area contributed by atoms with Crippen LogP contribution in [-0.4, -0.2) is 64.8 Å². The molecular weight excluding hydrogens is 384 g/mol. The van der Waals surface area contributed by atoms with Crippen molar-refractivity contribution in [3.63, 3.8) is 0 Å². The second-order valence-electron chi connectivity index (χ2n) is 8.44. The molecule has 2 amide bonds. The highest BCUT2D eigenvalue weighted by molar-refractivity contribution is 5.94. The molecule has 8 heteroatoms. The molecule has 0 bridgehead atoms. The molecule has 1 N–H and O–H groups in total. The van der Waals surface area contributed by atoms with E-state index in [-0.39, 0.29) is 29.6 Å². The van der Waals surface area contributed by atoms with Gasteiger partial charge in [0, 0.05) is 49.9 Å². The van der Waals surface area contributed by atoms with Crippen LogP contribution in [-0.2, 0) is 4.79 Å². The van der Waals surface area contributed by atoms with Gasteiger partial charge in [0.25, 0.3) is 11.6 Å². The number of nitro groups is 1. The third kappa shape index (κ3) is 5.16. The number of hydrogen-bond donors (Lipinski definition) is 1. The third-order valence-electron chi connectivity index (χ3n) is 6.44. The van der Waals surface area contributed by atoms with Gasteiger partial charge in [0.05, 0.1) is 11.0 Å². The Morgan fingerprint density at radius 3 is 2.27 bits per heavy atom. The van der Waals surface area contributed by atoms with Gasteiger partial charge in [0.2, 0.25) is 5.91 Å². The molecule has 0 unspecified atom stereocenters. The first-order chi connectivity index (χ1) is 14.4. The largest absolute Gasteiger partial charge is 0.352 e. The first-order valence-corrected chi connectivity index (χ1v) is 11.0. The van der Waals surface area contributed by atoms with Gasteiger partial charge < -0.3 is 10.2 Å². The zero-order valence-electron chi connectivity index (χ0n) is 17.9. The van der Waals surface area contributed by atoms with Gasteiger partial charge in [-0.05, 0) is 44.2 Å². The van der Waals surface area contributed by atoms with Crippen molar-refractivity contribution in [2.45, 2.75) is 58.0 Å². The number of nitrogens with one attached hydrogen (secondary N) is 1. The molecule has 2 fully saturated rings. The van der Waals surface area contributed by atoms with Gasteiger partial charge in [-0.1, -0.05) is 19.8 Å². The fourth-order valence-corrected chi connectivity index (χ4v) is 4.49. The Labute approximate surface area is 177 Å². The third-order valence-corrected chi connectivity index (χ3v) is 6.44.